The van der Waals surface area contributed by atoms with Gasteiger partial charge in [-0.1, -0.05) is 6.92 Å². The number of esters is 2. The van der Waals surface area contributed by atoms with Crippen molar-refractivity contribution in [3.63, 3.8) is 0 Å². The SMILES string of the molecule is CCOC(=O)[C@]1(CC(=O)O)[C@H](C)C[C@@H]2OC(=O)C3=C2[C@@H]1CCC3. The van der Waals surface area contributed by atoms with Gasteiger partial charge in [0, 0.05) is 11.5 Å². The summed E-state index contributed by atoms with van der Waals surface area (Å²) in [5.41, 5.74) is 0.429. The van der Waals surface area contributed by atoms with Crippen molar-refractivity contribution in [2.24, 2.45) is 17.3 Å². The van der Waals surface area contributed by atoms with Gasteiger partial charge in [0.2, 0.25) is 0 Å². The molecular weight excluding hydrogens is 300 g/mol. The van der Waals surface area contributed by atoms with E-state index in [4.69, 9.17) is 9.47 Å². The van der Waals surface area contributed by atoms with E-state index in [0.717, 1.165) is 12.0 Å². The van der Waals surface area contributed by atoms with E-state index in [0.29, 0.717) is 24.8 Å². The van der Waals surface area contributed by atoms with E-state index in [9.17, 15) is 19.5 Å². The summed E-state index contributed by atoms with van der Waals surface area (Å²) in [4.78, 5) is 36.4. The van der Waals surface area contributed by atoms with Crippen LogP contribution in [0.25, 0.3) is 0 Å². The Morgan fingerprint density at radius 1 is 1.43 bits per heavy atom. The normalized spacial score (nSPS) is 35.6. The smallest absolute Gasteiger partial charge is 0.334 e. The average molecular weight is 322 g/mol. The zero-order valence-electron chi connectivity index (χ0n) is 13.5. The zero-order valence-corrected chi connectivity index (χ0v) is 13.5. The summed E-state index contributed by atoms with van der Waals surface area (Å²) < 4.78 is 10.7. The lowest BCUT2D eigenvalue weighted by Gasteiger charge is -2.49. The van der Waals surface area contributed by atoms with E-state index < -0.39 is 17.4 Å². The van der Waals surface area contributed by atoms with Gasteiger partial charge in [-0.3, -0.25) is 9.59 Å². The molecule has 0 amide bonds. The second-order valence-corrected chi connectivity index (χ2v) is 6.74. The lowest BCUT2D eigenvalue weighted by molar-refractivity contribution is -0.173. The number of carbonyl (C=O) groups excluding carboxylic acids is 2. The van der Waals surface area contributed by atoms with Gasteiger partial charge in [-0.25, -0.2) is 4.79 Å². The van der Waals surface area contributed by atoms with Crippen molar-refractivity contribution >= 4 is 17.9 Å². The van der Waals surface area contributed by atoms with Gasteiger partial charge >= 0.3 is 17.9 Å². The zero-order chi connectivity index (χ0) is 16.8. The number of aliphatic carboxylic acids is 1. The Hall–Kier alpha value is -1.85. The highest BCUT2D eigenvalue weighted by atomic mass is 16.6. The number of carboxylic acids is 1. The van der Waals surface area contributed by atoms with Gasteiger partial charge in [0.15, 0.2) is 0 Å². The van der Waals surface area contributed by atoms with Gasteiger partial charge in [0.05, 0.1) is 18.4 Å². The van der Waals surface area contributed by atoms with Crippen molar-refractivity contribution in [3.8, 4) is 0 Å². The Balaban J connectivity index is 2.12. The van der Waals surface area contributed by atoms with Gasteiger partial charge in [-0.05, 0) is 44.1 Å². The first-order chi connectivity index (χ1) is 10.9. The van der Waals surface area contributed by atoms with Gasteiger partial charge < -0.3 is 14.6 Å². The van der Waals surface area contributed by atoms with Crippen molar-refractivity contribution in [2.75, 3.05) is 6.61 Å². The lowest BCUT2D eigenvalue weighted by atomic mass is 9.53. The Kier molecular flexibility index (Phi) is 3.94. The Labute approximate surface area is 134 Å². The van der Waals surface area contributed by atoms with Crippen molar-refractivity contribution in [1.82, 2.24) is 0 Å². The van der Waals surface area contributed by atoms with Crippen molar-refractivity contribution in [3.05, 3.63) is 11.1 Å². The van der Waals surface area contributed by atoms with Crippen molar-refractivity contribution < 1.29 is 29.0 Å². The Bertz CT molecular complexity index is 592. The molecule has 126 valence electrons. The van der Waals surface area contributed by atoms with E-state index in [-0.39, 0.29) is 36.9 Å². The summed E-state index contributed by atoms with van der Waals surface area (Å²) in [6.45, 7) is 3.80. The summed E-state index contributed by atoms with van der Waals surface area (Å²) in [6, 6.07) is 0. The Morgan fingerprint density at radius 3 is 2.83 bits per heavy atom. The standard InChI is InChI=1S/C17H22O6/c1-3-22-16(21)17(8-13(18)19)9(2)7-12-14-10(15(20)23-12)5-4-6-11(14)17/h9,11-12H,3-8H2,1-2H3,(H,18,19)/t9-,11+,12+,17-/m1/s1. The van der Waals surface area contributed by atoms with Crippen LogP contribution in [0.5, 0.6) is 0 Å². The highest BCUT2D eigenvalue weighted by molar-refractivity contribution is 5.94. The van der Waals surface area contributed by atoms with Crippen LogP contribution >= 0.6 is 0 Å². The number of hydrogen-bond acceptors (Lipinski definition) is 5. The topological polar surface area (TPSA) is 89.9 Å². The molecule has 3 aliphatic rings. The van der Waals surface area contributed by atoms with Crippen LogP contribution in [0.15, 0.2) is 11.1 Å². The van der Waals surface area contributed by atoms with Gasteiger partial charge in [-0.2, -0.15) is 0 Å². The summed E-state index contributed by atoms with van der Waals surface area (Å²) in [5.74, 6) is -2.26. The molecular formula is C17H22O6. The van der Waals surface area contributed by atoms with E-state index >= 15 is 0 Å². The Morgan fingerprint density at radius 2 is 2.17 bits per heavy atom. The molecule has 0 aromatic rings. The molecule has 1 heterocycles. The highest BCUT2D eigenvalue weighted by Crippen LogP contribution is 2.58. The largest absolute Gasteiger partial charge is 0.481 e. The molecule has 1 fully saturated rings. The maximum Gasteiger partial charge on any atom is 0.334 e. The van der Waals surface area contributed by atoms with Crippen LogP contribution in [0.2, 0.25) is 0 Å². The molecule has 2 aliphatic carbocycles. The van der Waals surface area contributed by atoms with Crippen molar-refractivity contribution in [2.45, 2.75) is 52.1 Å². The second-order valence-electron chi connectivity index (χ2n) is 6.74. The van der Waals surface area contributed by atoms with Gasteiger partial charge in [0.25, 0.3) is 0 Å². The first kappa shape index (κ1) is 16.0. The second kappa shape index (κ2) is 5.65. The first-order valence-corrected chi connectivity index (χ1v) is 8.24. The number of rotatable bonds is 4. The fourth-order valence-electron chi connectivity index (χ4n) is 4.71. The molecule has 1 saturated carbocycles. The van der Waals surface area contributed by atoms with Gasteiger partial charge in [0.1, 0.15) is 6.10 Å². The van der Waals surface area contributed by atoms with Crippen molar-refractivity contribution in [1.29, 1.82) is 0 Å². The summed E-state index contributed by atoms with van der Waals surface area (Å²) >= 11 is 0. The maximum atomic E-state index is 12.8. The molecule has 0 aromatic carbocycles. The molecule has 0 bridgehead atoms. The molecule has 6 heteroatoms. The van der Waals surface area contributed by atoms with Crippen LogP contribution in [-0.4, -0.2) is 35.7 Å². The summed E-state index contributed by atoms with van der Waals surface area (Å²) in [6.07, 6.45) is 2.03. The summed E-state index contributed by atoms with van der Waals surface area (Å²) in [7, 11) is 0. The molecule has 3 rings (SSSR count). The fourth-order valence-corrected chi connectivity index (χ4v) is 4.71. The predicted molar refractivity (Wildman–Crippen MR) is 79.3 cm³/mol. The monoisotopic (exact) mass is 322 g/mol. The van der Waals surface area contributed by atoms with Crippen LogP contribution in [0.3, 0.4) is 0 Å². The number of hydrogen-bond donors (Lipinski definition) is 1. The molecule has 1 aliphatic heterocycles. The third-order valence-electron chi connectivity index (χ3n) is 5.65. The quantitative estimate of drug-likeness (QED) is 0.797. The minimum atomic E-state index is -1.10. The average Bonchev–Trinajstić information content (AvgIpc) is 2.80. The van der Waals surface area contributed by atoms with E-state index in [1.807, 2.05) is 6.92 Å². The van der Waals surface area contributed by atoms with Crippen LogP contribution in [0, 0.1) is 17.3 Å². The maximum absolute atomic E-state index is 12.8. The number of ether oxygens (including phenoxy) is 2. The molecule has 0 radical (unpaired) electrons. The van der Waals surface area contributed by atoms with Crippen LogP contribution in [0.1, 0.15) is 46.0 Å². The van der Waals surface area contributed by atoms with Crippen LogP contribution < -0.4 is 0 Å². The molecule has 1 N–H and O–H groups in total. The van der Waals surface area contributed by atoms with E-state index in [2.05, 4.69) is 0 Å². The fraction of sp³-hybridized carbons (Fsp3) is 0.706. The third kappa shape index (κ3) is 2.26. The van der Waals surface area contributed by atoms with E-state index in [1.165, 1.54) is 0 Å². The molecule has 0 aromatic heterocycles. The molecule has 0 saturated heterocycles. The molecule has 4 atom stereocenters. The third-order valence-corrected chi connectivity index (χ3v) is 5.65. The first-order valence-electron chi connectivity index (χ1n) is 8.24. The highest BCUT2D eigenvalue weighted by Gasteiger charge is 2.61. The molecule has 0 unspecified atom stereocenters. The lowest BCUT2D eigenvalue weighted by Crippen LogP contribution is -2.53. The minimum absolute atomic E-state index is 0.213. The molecule has 6 nitrogen and oxygen atoms in total. The van der Waals surface area contributed by atoms with Crippen LogP contribution in [-0.2, 0) is 23.9 Å². The predicted octanol–water partition coefficient (Wildman–Crippen LogP) is 2.07. The molecule has 0 spiro atoms. The van der Waals surface area contributed by atoms with Gasteiger partial charge in [-0.15, -0.1) is 0 Å². The minimum Gasteiger partial charge on any atom is -0.481 e. The van der Waals surface area contributed by atoms with Crippen LogP contribution in [0.4, 0.5) is 0 Å². The summed E-state index contributed by atoms with van der Waals surface area (Å²) in [5, 5.41) is 9.43. The number of carbonyl (C=O) groups is 3. The van der Waals surface area contributed by atoms with E-state index in [1.54, 1.807) is 6.92 Å². The number of carboxylic acid groups (broad SMARTS) is 1. The molecule has 23 heavy (non-hydrogen) atoms.